The van der Waals surface area contributed by atoms with Gasteiger partial charge in [0.05, 0.1) is 4.90 Å². The summed E-state index contributed by atoms with van der Waals surface area (Å²) in [6.45, 7) is 1.56. The minimum atomic E-state index is -3.52. The van der Waals surface area contributed by atoms with Gasteiger partial charge in [-0.2, -0.15) is 0 Å². The van der Waals surface area contributed by atoms with E-state index in [-0.39, 0.29) is 4.90 Å². The zero-order chi connectivity index (χ0) is 18.6. The van der Waals surface area contributed by atoms with Crippen LogP contribution >= 0.6 is 0 Å². The number of amides is 1. The molecule has 1 N–H and O–H groups in total. The van der Waals surface area contributed by atoms with Crippen LogP contribution in [0.1, 0.15) is 6.92 Å². The van der Waals surface area contributed by atoms with Crippen LogP contribution in [0.15, 0.2) is 53.4 Å². The molecule has 0 spiro atoms. The number of nitrogens with one attached hydrogen (secondary N) is 1. The van der Waals surface area contributed by atoms with Crippen LogP contribution < -0.4 is 10.1 Å². The van der Waals surface area contributed by atoms with E-state index in [1.165, 1.54) is 62.6 Å². The Morgan fingerprint density at radius 1 is 1.08 bits per heavy atom. The van der Waals surface area contributed by atoms with E-state index in [9.17, 15) is 17.6 Å². The number of rotatable bonds is 6. The first-order valence-electron chi connectivity index (χ1n) is 7.46. The second-order valence-electron chi connectivity index (χ2n) is 5.52. The first-order valence-corrected chi connectivity index (χ1v) is 8.90. The fraction of sp³-hybridized carbons (Fsp3) is 0.235. The van der Waals surface area contributed by atoms with Crippen molar-refractivity contribution < 1.29 is 22.3 Å². The number of ether oxygens (including phenoxy) is 1. The summed E-state index contributed by atoms with van der Waals surface area (Å²) in [6, 6.07) is 11.2. The first kappa shape index (κ1) is 18.9. The van der Waals surface area contributed by atoms with E-state index in [0.717, 1.165) is 4.31 Å². The summed E-state index contributed by atoms with van der Waals surface area (Å²) in [5.74, 6) is -0.429. The molecule has 2 aromatic carbocycles. The van der Waals surface area contributed by atoms with Gasteiger partial charge in [-0.25, -0.2) is 17.1 Å². The third-order valence-electron chi connectivity index (χ3n) is 3.40. The van der Waals surface area contributed by atoms with Crippen LogP contribution in [0.25, 0.3) is 0 Å². The number of anilines is 1. The standard InChI is InChI=1S/C17H19FN2O4S/c1-12(24-15-8-4-13(18)5-9-15)17(21)19-14-6-10-16(11-7-14)25(22,23)20(2)3/h4-12H,1-3H3,(H,19,21). The number of halogens is 1. The lowest BCUT2D eigenvalue weighted by Crippen LogP contribution is -2.30. The second kappa shape index (κ2) is 7.62. The van der Waals surface area contributed by atoms with E-state index in [0.29, 0.717) is 11.4 Å². The highest BCUT2D eigenvalue weighted by molar-refractivity contribution is 7.89. The molecule has 0 saturated carbocycles. The maximum atomic E-state index is 12.9. The monoisotopic (exact) mass is 366 g/mol. The Morgan fingerprint density at radius 2 is 1.64 bits per heavy atom. The molecule has 0 bridgehead atoms. The smallest absolute Gasteiger partial charge is 0.265 e. The Labute approximate surface area is 146 Å². The normalized spacial score (nSPS) is 12.7. The molecule has 8 heteroatoms. The number of nitrogens with zero attached hydrogens (tertiary/aromatic N) is 1. The van der Waals surface area contributed by atoms with Gasteiger partial charge in [-0.1, -0.05) is 0 Å². The fourth-order valence-electron chi connectivity index (χ4n) is 1.94. The van der Waals surface area contributed by atoms with Crippen LogP contribution in [0.4, 0.5) is 10.1 Å². The highest BCUT2D eigenvalue weighted by atomic mass is 32.2. The van der Waals surface area contributed by atoms with Crippen LogP contribution in [-0.4, -0.2) is 38.8 Å². The molecule has 1 unspecified atom stereocenters. The van der Waals surface area contributed by atoms with Gasteiger partial charge in [-0.3, -0.25) is 4.79 Å². The van der Waals surface area contributed by atoms with E-state index in [4.69, 9.17) is 4.74 Å². The molecule has 2 aromatic rings. The molecule has 0 radical (unpaired) electrons. The molecule has 2 rings (SSSR count). The molecule has 0 aliphatic carbocycles. The lowest BCUT2D eigenvalue weighted by atomic mass is 10.3. The molecule has 134 valence electrons. The summed E-state index contributed by atoms with van der Waals surface area (Å²) in [5, 5.41) is 2.63. The van der Waals surface area contributed by atoms with Crippen LogP contribution in [0, 0.1) is 5.82 Å². The molecular weight excluding hydrogens is 347 g/mol. The van der Waals surface area contributed by atoms with E-state index in [2.05, 4.69) is 5.32 Å². The Kier molecular flexibility index (Phi) is 5.76. The van der Waals surface area contributed by atoms with Crippen molar-refractivity contribution >= 4 is 21.6 Å². The number of carbonyl (C=O) groups excluding carboxylic acids is 1. The summed E-state index contributed by atoms with van der Waals surface area (Å²) in [4.78, 5) is 12.3. The van der Waals surface area contributed by atoms with Crippen LogP contribution in [0.3, 0.4) is 0 Å². The molecule has 0 aromatic heterocycles. The molecule has 1 atom stereocenters. The molecule has 0 saturated heterocycles. The summed E-state index contributed by atoms with van der Waals surface area (Å²) >= 11 is 0. The van der Waals surface area contributed by atoms with Gasteiger partial charge in [0.25, 0.3) is 5.91 Å². The lowest BCUT2D eigenvalue weighted by Gasteiger charge is -2.15. The van der Waals surface area contributed by atoms with Gasteiger partial charge in [-0.15, -0.1) is 0 Å². The van der Waals surface area contributed by atoms with Crippen LogP contribution in [0.5, 0.6) is 5.75 Å². The van der Waals surface area contributed by atoms with E-state index >= 15 is 0 Å². The van der Waals surface area contributed by atoms with Crippen molar-refractivity contribution in [1.82, 2.24) is 4.31 Å². The molecule has 25 heavy (non-hydrogen) atoms. The van der Waals surface area contributed by atoms with Gasteiger partial charge in [0.1, 0.15) is 11.6 Å². The second-order valence-corrected chi connectivity index (χ2v) is 7.67. The molecule has 0 fully saturated rings. The Hall–Kier alpha value is -2.45. The topological polar surface area (TPSA) is 75.7 Å². The van der Waals surface area contributed by atoms with Crippen LogP contribution in [-0.2, 0) is 14.8 Å². The number of benzene rings is 2. The number of hydrogen-bond acceptors (Lipinski definition) is 4. The lowest BCUT2D eigenvalue weighted by molar-refractivity contribution is -0.122. The molecule has 1 amide bonds. The Bertz CT molecular complexity index is 834. The molecule has 0 aliphatic heterocycles. The summed E-state index contributed by atoms with van der Waals surface area (Å²) < 4.78 is 43.4. The molecule has 0 aliphatic rings. The fourth-order valence-corrected chi connectivity index (χ4v) is 2.84. The van der Waals surface area contributed by atoms with Crippen molar-refractivity contribution in [3.63, 3.8) is 0 Å². The van der Waals surface area contributed by atoms with Crippen molar-refractivity contribution in [3.05, 3.63) is 54.3 Å². The van der Waals surface area contributed by atoms with Gasteiger partial charge in [0.2, 0.25) is 10.0 Å². The third kappa shape index (κ3) is 4.77. The Balaban J connectivity index is 2.01. The van der Waals surface area contributed by atoms with E-state index in [1.54, 1.807) is 6.92 Å². The Morgan fingerprint density at radius 3 is 2.16 bits per heavy atom. The largest absolute Gasteiger partial charge is 0.481 e. The predicted octanol–water partition coefficient (Wildman–Crippen LogP) is 2.48. The highest BCUT2D eigenvalue weighted by Crippen LogP contribution is 2.18. The predicted molar refractivity (Wildman–Crippen MR) is 92.4 cm³/mol. The maximum Gasteiger partial charge on any atom is 0.265 e. The maximum absolute atomic E-state index is 12.9. The molecule has 6 nitrogen and oxygen atoms in total. The van der Waals surface area contributed by atoms with Gasteiger partial charge in [-0.05, 0) is 55.5 Å². The van der Waals surface area contributed by atoms with E-state index < -0.39 is 27.9 Å². The number of sulfonamides is 1. The molecule has 0 heterocycles. The minimum Gasteiger partial charge on any atom is -0.481 e. The quantitative estimate of drug-likeness (QED) is 0.852. The zero-order valence-electron chi connectivity index (χ0n) is 14.1. The summed E-state index contributed by atoms with van der Waals surface area (Å²) in [7, 11) is -0.630. The van der Waals surface area contributed by atoms with E-state index in [1.807, 2.05) is 0 Å². The number of carbonyl (C=O) groups is 1. The highest BCUT2D eigenvalue weighted by Gasteiger charge is 2.18. The van der Waals surface area contributed by atoms with Crippen molar-refractivity contribution in [2.24, 2.45) is 0 Å². The summed E-state index contributed by atoms with van der Waals surface area (Å²) in [5.41, 5.74) is 0.442. The van der Waals surface area contributed by atoms with Gasteiger partial charge >= 0.3 is 0 Å². The van der Waals surface area contributed by atoms with Gasteiger partial charge in [0, 0.05) is 19.8 Å². The van der Waals surface area contributed by atoms with Crippen molar-refractivity contribution in [2.45, 2.75) is 17.9 Å². The van der Waals surface area contributed by atoms with Crippen molar-refractivity contribution in [1.29, 1.82) is 0 Å². The van der Waals surface area contributed by atoms with Crippen molar-refractivity contribution in [3.8, 4) is 5.75 Å². The summed E-state index contributed by atoms with van der Waals surface area (Å²) in [6.07, 6.45) is -0.810. The van der Waals surface area contributed by atoms with Crippen molar-refractivity contribution in [2.75, 3.05) is 19.4 Å². The average Bonchev–Trinajstić information content (AvgIpc) is 2.57. The zero-order valence-corrected chi connectivity index (χ0v) is 14.9. The van der Waals surface area contributed by atoms with Crippen LogP contribution in [0.2, 0.25) is 0 Å². The van der Waals surface area contributed by atoms with Gasteiger partial charge in [0.15, 0.2) is 6.10 Å². The van der Waals surface area contributed by atoms with Gasteiger partial charge < -0.3 is 10.1 Å². The third-order valence-corrected chi connectivity index (χ3v) is 5.23. The molecular formula is C17H19FN2O4S. The SMILES string of the molecule is CC(Oc1ccc(F)cc1)C(=O)Nc1ccc(S(=O)(=O)N(C)C)cc1. The number of hydrogen-bond donors (Lipinski definition) is 1. The average molecular weight is 366 g/mol. The minimum absolute atomic E-state index is 0.131. The first-order chi connectivity index (χ1) is 11.7.